The van der Waals surface area contributed by atoms with E-state index in [9.17, 15) is 21.0 Å². The van der Waals surface area contributed by atoms with Crippen LogP contribution in [0.1, 0.15) is 73.6 Å². The van der Waals surface area contributed by atoms with E-state index in [1.807, 2.05) is 146 Å². The lowest BCUT2D eigenvalue weighted by Gasteiger charge is -2.46. The zero-order chi connectivity index (χ0) is 66.2. The predicted molar refractivity (Wildman–Crippen MR) is 385 cm³/mol. The highest BCUT2D eigenvalue weighted by Gasteiger charge is 2.58. The van der Waals surface area contributed by atoms with Crippen molar-refractivity contribution in [1.29, 1.82) is 21.0 Å². The standard InChI is InChI=1S/C76H88N4O8Si5/c1-89(2,53-13-9-49-81-73-41-33-69(34-42-73)65-25-17-61(57-77)18-26-65)85-93(86-90(3,4)54-14-10-50-82-74-43-35-70(36-44-74)66-27-19-62(58-78)20-28-66,87-91(5,6)55-15-11-51-83-75-45-37-71(38-46-75)67-29-21-63(59-79)22-30-67)88-92(7,8)56-16-12-52-84-76-47-39-72(40-48-76)68-31-23-64(60-80)24-32-68/h17-48H,9-16,49-56H2,1-8H3. The van der Waals surface area contributed by atoms with Crippen molar-refractivity contribution in [2.45, 2.75) is 128 Å². The van der Waals surface area contributed by atoms with Crippen LogP contribution in [0.15, 0.2) is 194 Å². The molecule has 0 aliphatic heterocycles. The SMILES string of the molecule is C[Si](C)(CCCCOc1ccc(-c2ccc(C#N)cc2)cc1)O[Si](O[Si](C)(C)CCCCOc1ccc(-c2ccc(C#N)cc2)cc1)(O[Si](C)(C)CCCCOc1ccc(-c2ccc(C#N)cc2)cc1)O[Si](C)(C)CCCCOc1ccc(-c2ccc(C#N)cc2)cc1. The van der Waals surface area contributed by atoms with Gasteiger partial charge >= 0.3 is 9.05 Å². The van der Waals surface area contributed by atoms with E-state index in [0.717, 1.165) is 143 Å². The third kappa shape index (κ3) is 23.1. The molecule has 0 saturated heterocycles. The summed E-state index contributed by atoms with van der Waals surface area (Å²) < 4.78 is 56.1. The first kappa shape index (κ1) is 70.7. The third-order valence-corrected chi connectivity index (χ3v) is 35.3. The van der Waals surface area contributed by atoms with E-state index >= 15 is 0 Å². The number of nitrogens with zero attached hydrogens (tertiary/aromatic N) is 4. The minimum Gasteiger partial charge on any atom is -0.494 e. The number of ether oxygens (including phenoxy) is 4. The maximum atomic E-state index is 9.26. The molecule has 0 radical (unpaired) electrons. The molecule has 8 aromatic rings. The molecular formula is C76H88N4O8Si5. The van der Waals surface area contributed by atoms with E-state index in [1.54, 1.807) is 0 Å². The van der Waals surface area contributed by atoms with E-state index < -0.39 is 42.3 Å². The van der Waals surface area contributed by atoms with Gasteiger partial charge in [0.25, 0.3) is 0 Å². The Hall–Kier alpha value is -8.16. The Balaban J connectivity index is 0.944. The van der Waals surface area contributed by atoms with Crippen LogP contribution < -0.4 is 18.9 Å². The first-order valence-corrected chi connectivity index (χ1v) is 46.6. The molecule has 0 heterocycles. The minimum atomic E-state index is -3.92. The first-order chi connectivity index (χ1) is 44.7. The summed E-state index contributed by atoms with van der Waals surface area (Å²) in [6.45, 7) is 20.6. The smallest absolute Gasteiger partial charge is 0.494 e. The van der Waals surface area contributed by atoms with Crippen LogP contribution in [0.3, 0.4) is 0 Å². The molecule has 0 spiro atoms. The summed E-state index contributed by atoms with van der Waals surface area (Å²) in [4.78, 5) is 0. The first-order valence-electron chi connectivity index (χ1n) is 32.5. The van der Waals surface area contributed by atoms with Crippen molar-refractivity contribution in [3.05, 3.63) is 216 Å². The number of hydrogen-bond donors (Lipinski definition) is 0. The van der Waals surface area contributed by atoms with E-state index in [4.69, 9.17) is 35.4 Å². The molecule has 0 aliphatic rings. The second kappa shape index (κ2) is 34.1. The highest BCUT2D eigenvalue weighted by atomic mass is 28.5. The van der Waals surface area contributed by atoms with E-state index in [2.05, 4.69) is 125 Å². The summed E-state index contributed by atoms with van der Waals surface area (Å²) in [7, 11) is -14.2. The fourth-order valence-electron chi connectivity index (χ4n) is 11.0. The largest absolute Gasteiger partial charge is 0.636 e. The molecule has 0 amide bonds. The number of benzene rings is 8. The van der Waals surface area contributed by atoms with Gasteiger partial charge in [-0.15, -0.1) is 0 Å². The Morgan fingerprint density at radius 1 is 0.237 bits per heavy atom. The quantitative estimate of drug-likeness (QED) is 0.0269. The molecule has 0 aliphatic carbocycles. The monoisotopic (exact) mass is 1320 g/mol. The van der Waals surface area contributed by atoms with Crippen molar-refractivity contribution in [2.75, 3.05) is 26.4 Å². The molecule has 8 rings (SSSR count). The van der Waals surface area contributed by atoms with E-state index in [-0.39, 0.29) is 0 Å². The van der Waals surface area contributed by atoms with Crippen LogP contribution >= 0.6 is 0 Å². The Morgan fingerprint density at radius 3 is 0.559 bits per heavy atom. The molecule has 0 aromatic heterocycles. The van der Waals surface area contributed by atoms with Crippen LogP contribution in [0.5, 0.6) is 23.0 Å². The van der Waals surface area contributed by atoms with Gasteiger partial charge in [-0.25, -0.2) is 0 Å². The molecule has 0 saturated carbocycles. The van der Waals surface area contributed by atoms with Crippen molar-refractivity contribution >= 4 is 42.3 Å². The van der Waals surface area contributed by atoms with Gasteiger partial charge in [-0.3, -0.25) is 0 Å². The Bertz CT molecular complexity index is 3280. The molecule has 0 bridgehead atoms. The lowest BCUT2D eigenvalue weighted by atomic mass is 10.0. The van der Waals surface area contributed by atoms with Crippen molar-refractivity contribution in [3.8, 4) is 91.8 Å². The zero-order valence-corrected chi connectivity index (χ0v) is 60.3. The van der Waals surface area contributed by atoms with Crippen LogP contribution in [-0.2, 0) is 16.5 Å². The molecule has 17 heteroatoms. The normalized spacial score (nSPS) is 11.8. The van der Waals surface area contributed by atoms with Crippen LogP contribution in [0.4, 0.5) is 0 Å². The number of hydrogen-bond acceptors (Lipinski definition) is 12. The van der Waals surface area contributed by atoms with Crippen molar-refractivity contribution in [3.63, 3.8) is 0 Å². The van der Waals surface area contributed by atoms with Gasteiger partial charge in [0.05, 0.1) is 73.0 Å². The average Bonchev–Trinajstić information content (AvgIpc) is 0.804. The highest BCUT2D eigenvalue weighted by Crippen LogP contribution is 2.37. The lowest BCUT2D eigenvalue weighted by molar-refractivity contribution is 0.144. The third-order valence-electron chi connectivity index (χ3n) is 16.2. The van der Waals surface area contributed by atoms with Crippen molar-refractivity contribution < 1.29 is 35.4 Å². The molecule has 0 atom stereocenters. The fraction of sp³-hybridized carbons (Fsp3) is 0.316. The number of nitriles is 4. The molecule has 93 heavy (non-hydrogen) atoms. The summed E-state index contributed by atoms with van der Waals surface area (Å²) >= 11 is 0. The minimum absolute atomic E-state index is 0.571. The van der Waals surface area contributed by atoms with Crippen LogP contribution in [0.25, 0.3) is 44.5 Å². The van der Waals surface area contributed by atoms with E-state index in [1.165, 1.54) is 0 Å². The molecule has 480 valence electrons. The van der Waals surface area contributed by atoms with Gasteiger partial charge in [-0.1, -0.05) is 123 Å². The van der Waals surface area contributed by atoms with Gasteiger partial charge in [-0.2, -0.15) is 21.0 Å². The van der Waals surface area contributed by atoms with Gasteiger partial charge in [0, 0.05) is 0 Å². The molecule has 0 N–H and O–H groups in total. The number of unbranched alkanes of at least 4 members (excludes halogenated alkanes) is 4. The van der Waals surface area contributed by atoms with Gasteiger partial charge in [0.2, 0.25) is 0 Å². The Morgan fingerprint density at radius 2 is 0.398 bits per heavy atom. The lowest BCUT2D eigenvalue weighted by Crippen LogP contribution is -2.66. The van der Waals surface area contributed by atoms with Gasteiger partial charge in [0.15, 0.2) is 33.3 Å². The van der Waals surface area contributed by atoms with Crippen LogP contribution in [0.2, 0.25) is 76.6 Å². The van der Waals surface area contributed by atoms with Crippen LogP contribution in [-0.4, -0.2) is 68.7 Å². The van der Waals surface area contributed by atoms with Crippen LogP contribution in [0, 0.1) is 45.3 Å². The Labute approximate surface area is 557 Å². The predicted octanol–water partition coefficient (Wildman–Crippen LogP) is 19.9. The maximum absolute atomic E-state index is 9.26. The summed E-state index contributed by atoms with van der Waals surface area (Å²) in [6, 6.07) is 75.2. The zero-order valence-electron chi connectivity index (χ0n) is 55.3. The molecule has 12 nitrogen and oxygen atoms in total. The summed E-state index contributed by atoms with van der Waals surface area (Å²) in [5.74, 6) is 3.27. The van der Waals surface area contributed by atoms with E-state index in [0.29, 0.717) is 48.7 Å². The van der Waals surface area contributed by atoms with Gasteiger partial charge < -0.3 is 35.4 Å². The van der Waals surface area contributed by atoms with Gasteiger partial charge in [0.1, 0.15) is 23.0 Å². The average molecular weight is 1330 g/mol. The second-order valence-electron chi connectivity index (χ2n) is 26.0. The van der Waals surface area contributed by atoms with Crippen molar-refractivity contribution in [2.24, 2.45) is 0 Å². The molecule has 8 aromatic carbocycles. The summed E-state index contributed by atoms with van der Waals surface area (Å²) in [5.41, 5.74) is 11.0. The second-order valence-corrected chi connectivity index (χ2v) is 46.4. The topological polar surface area (TPSA) is 169 Å². The summed E-state index contributed by atoms with van der Waals surface area (Å²) in [5, 5.41) is 37.1. The van der Waals surface area contributed by atoms with Gasteiger partial charge in [-0.05, 0) is 244 Å². The molecular weight excluding hydrogens is 1240 g/mol. The fourth-order valence-corrected chi connectivity index (χ4v) is 31.1. The van der Waals surface area contributed by atoms with Crippen molar-refractivity contribution in [1.82, 2.24) is 0 Å². The Kier molecular flexibility index (Phi) is 25.9. The molecule has 0 fully saturated rings. The maximum Gasteiger partial charge on any atom is 0.636 e. The summed E-state index contributed by atoms with van der Waals surface area (Å²) in [6.07, 6.45) is 7.04. The number of rotatable bonds is 36. The highest BCUT2D eigenvalue weighted by molar-refractivity contribution is 6.92. The molecule has 0 unspecified atom stereocenters.